The lowest BCUT2D eigenvalue weighted by atomic mass is 10.1. The average Bonchev–Trinajstić information content (AvgIpc) is 2.85. The maximum absolute atomic E-state index is 14.7. The summed E-state index contributed by atoms with van der Waals surface area (Å²) >= 11 is 0.914. The van der Waals surface area contributed by atoms with E-state index in [0.29, 0.717) is 4.88 Å². The quantitative estimate of drug-likeness (QED) is 0.334. The summed E-state index contributed by atoms with van der Waals surface area (Å²) in [6.07, 6.45) is 0. The van der Waals surface area contributed by atoms with Gasteiger partial charge in [0.15, 0.2) is 35.5 Å². The average molecular weight is 502 g/mol. The molecule has 2 unspecified atom stereocenters. The van der Waals surface area contributed by atoms with Crippen molar-refractivity contribution in [1.82, 2.24) is 0 Å². The molecule has 0 aliphatic heterocycles. The van der Waals surface area contributed by atoms with Crippen LogP contribution < -0.4 is 0 Å². The molecule has 1 N–H and O–H groups in total. The first-order valence-corrected chi connectivity index (χ1v) is 18.7. The smallest absolute Gasteiger partial charge is 0.194 e. The summed E-state index contributed by atoms with van der Waals surface area (Å²) in [5.74, 6) is -0.694. The minimum atomic E-state index is -3.43. The number of rotatable bonds is 6. The highest BCUT2D eigenvalue weighted by Crippen LogP contribution is 2.42. The number of nitrogens with zero attached hydrogens (tertiary/aromatic N) is 1. The maximum atomic E-state index is 14.7. The van der Waals surface area contributed by atoms with Crippen LogP contribution in [0.15, 0.2) is 14.3 Å². The first-order chi connectivity index (χ1) is 12.5. The van der Waals surface area contributed by atoms with Crippen molar-refractivity contribution in [1.29, 1.82) is 0 Å². The summed E-state index contributed by atoms with van der Waals surface area (Å²) in [5, 5.41) is 10.8. The summed E-state index contributed by atoms with van der Waals surface area (Å²) in [4.78, 5) is 0.336. The molecule has 2 atom stereocenters. The molecule has 170 valence electrons. The molecule has 0 bridgehead atoms. The van der Waals surface area contributed by atoms with Crippen LogP contribution in [-0.4, -0.2) is 32.5 Å². The number of hydrogen-bond donors (Lipinski definition) is 1. The van der Waals surface area contributed by atoms with E-state index in [4.69, 9.17) is 15.1 Å². The van der Waals surface area contributed by atoms with Crippen LogP contribution in [0.2, 0.25) is 36.3 Å². The minimum absolute atomic E-state index is 0.0125. The lowest BCUT2D eigenvalue weighted by Crippen LogP contribution is -2.44. The van der Waals surface area contributed by atoms with E-state index in [9.17, 15) is 13.7 Å². The van der Waals surface area contributed by atoms with E-state index >= 15 is 0 Å². The molecule has 0 fully saturated rings. The normalized spacial score (nSPS) is 18.3. The van der Waals surface area contributed by atoms with Gasteiger partial charge in [0.1, 0.15) is 5.60 Å². The Bertz CT molecular complexity index is 862. The van der Waals surface area contributed by atoms with E-state index in [0.717, 1.165) is 11.3 Å². The van der Waals surface area contributed by atoms with Crippen molar-refractivity contribution in [2.24, 2.45) is 4.03 Å². The van der Waals surface area contributed by atoms with Crippen molar-refractivity contribution in [2.75, 3.05) is 6.61 Å². The minimum Gasteiger partial charge on any atom is -0.414 e. The highest BCUT2D eigenvalue weighted by Gasteiger charge is 2.41. The molecule has 0 aromatic carbocycles. The van der Waals surface area contributed by atoms with Gasteiger partial charge >= 0.3 is 0 Å². The molecule has 0 amide bonds. The Morgan fingerprint density at radius 1 is 1.14 bits per heavy atom. The van der Waals surface area contributed by atoms with Gasteiger partial charge in [-0.05, 0) is 49.3 Å². The zero-order chi connectivity index (χ0) is 23.3. The zero-order valence-electron chi connectivity index (χ0n) is 19.6. The molecular weight excluding hydrogens is 465 g/mol. The van der Waals surface area contributed by atoms with Crippen LogP contribution in [0.1, 0.15) is 53.3 Å². The van der Waals surface area contributed by atoms with Crippen LogP contribution in [0.3, 0.4) is 0 Å². The second-order valence-corrected chi connectivity index (χ2v) is 25.0. The molecule has 1 heterocycles. The SMILES string of the molecule is CC(O)(CO[Si](C)(C)C(C)(C)C)c1cc(F)c(S(=O)(Cl)=N[Si](C)(C)C(C)(C)C)s1. The van der Waals surface area contributed by atoms with E-state index in [1.165, 1.54) is 6.07 Å². The van der Waals surface area contributed by atoms with Gasteiger partial charge in [0, 0.05) is 15.6 Å². The van der Waals surface area contributed by atoms with E-state index in [1.54, 1.807) is 6.92 Å². The number of halogens is 2. The first-order valence-electron chi connectivity index (χ1n) is 9.68. The molecule has 0 aliphatic rings. The molecule has 29 heavy (non-hydrogen) atoms. The van der Waals surface area contributed by atoms with Crippen LogP contribution in [0.5, 0.6) is 0 Å². The molecule has 0 spiro atoms. The van der Waals surface area contributed by atoms with Crippen LogP contribution >= 0.6 is 22.0 Å². The van der Waals surface area contributed by atoms with Gasteiger partial charge in [-0.1, -0.05) is 41.5 Å². The number of thiophene rings is 1. The van der Waals surface area contributed by atoms with E-state index < -0.39 is 36.9 Å². The van der Waals surface area contributed by atoms with Gasteiger partial charge in [0.2, 0.25) is 0 Å². The lowest BCUT2D eigenvalue weighted by Gasteiger charge is -2.38. The highest BCUT2D eigenvalue weighted by molar-refractivity contribution is 8.17. The van der Waals surface area contributed by atoms with Crippen molar-refractivity contribution in [2.45, 2.75) is 94.5 Å². The number of hydrogen-bond acceptors (Lipinski definition) is 5. The molecule has 0 saturated heterocycles. The Balaban J connectivity index is 3.29. The largest absolute Gasteiger partial charge is 0.414 e. The van der Waals surface area contributed by atoms with Crippen LogP contribution in [0.25, 0.3) is 0 Å². The Labute approximate surface area is 187 Å². The third kappa shape index (κ3) is 6.36. The van der Waals surface area contributed by atoms with Crippen LogP contribution in [0.4, 0.5) is 4.39 Å². The second kappa shape index (κ2) is 8.29. The summed E-state index contributed by atoms with van der Waals surface area (Å²) in [6, 6.07) is 1.21. The molecular formula is C19H37ClFNO3S2Si2. The van der Waals surface area contributed by atoms with Crippen molar-refractivity contribution < 1.29 is 18.1 Å². The molecule has 4 nitrogen and oxygen atoms in total. The van der Waals surface area contributed by atoms with Gasteiger partial charge in [-0.15, -0.1) is 11.3 Å². The Hall–Kier alpha value is 0.224. The van der Waals surface area contributed by atoms with Gasteiger partial charge in [0.25, 0.3) is 0 Å². The summed E-state index contributed by atoms with van der Waals surface area (Å²) < 4.78 is 38.3. The standard InChI is InChI=1S/C19H37ClFNO3S2Si2/c1-17(2,3)28(8,9)22-27(20,24)16-14(21)12-15(26-16)19(7,23)13-25-29(10,11)18(4,5)6/h12,23H,13H2,1-11H3. The molecule has 0 aliphatic carbocycles. The topological polar surface area (TPSA) is 58.9 Å². The molecule has 1 rings (SSSR count). The molecule has 0 saturated carbocycles. The van der Waals surface area contributed by atoms with Gasteiger partial charge in [0.05, 0.1) is 6.61 Å². The predicted octanol–water partition coefficient (Wildman–Crippen LogP) is 7.10. The van der Waals surface area contributed by atoms with Gasteiger partial charge in [-0.3, -0.25) is 4.03 Å². The monoisotopic (exact) mass is 501 g/mol. The maximum Gasteiger partial charge on any atom is 0.194 e. The lowest BCUT2D eigenvalue weighted by molar-refractivity contribution is 0.00556. The summed E-state index contributed by atoms with van der Waals surface area (Å²) in [6.45, 7) is 22.1. The van der Waals surface area contributed by atoms with Crippen molar-refractivity contribution >= 4 is 47.5 Å². The first kappa shape index (κ1) is 27.3. The van der Waals surface area contributed by atoms with E-state index in [1.807, 2.05) is 33.9 Å². The molecule has 10 heteroatoms. The molecule has 1 aromatic heterocycles. The van der Waals surface area contributed by atoms with Gasteiger partial charge in [-0.25, -0.2) is 8.60 Å². The third-order valence-corrected chi connectivity index (χ3v) is 21.1. The van der Waals surface area contributed by atoms with Crippen LogP contribution in [0, 0.1) is 5.82 Å². The highest BCUT2D eigenvalue weighted by atomic mass is 35.7. The third-order valence-electron chi connectivity index (χ3n) is 6.12. The van der Waals surface area contributed by atoms with Gasteiger partial charge in [-0.2, -0.15) is 0 Å². The summed E-state index contributed by atoms with van der Waals surface area (Å²) in [5.41, 5.74) is -1.41. The summed E-state index contributed by atoms with van der Waals surface area (Å²) in [7, 11) is -1.59. The zero-order valence-corrected chi connectivity index (χ0v) is 24.0. The predicted molar refractivity (Wildman–Crippen MR) is 129 cm³/mol. The van der Waals surface area contributed by atoms with Gasteiger partial charge < -0.3 is 9.53 Å². The van der Waals surface area contributed by atoms with Crippen molar-refractivity contribution in [3.63, 3.8) is 0 Å². The van der Waals surface area contributed by atoms with E-state index in [-0.39, 0.29) is 20.9 Å². The number of aliphatic hydroxyl groups is 1. The molecule has 1 aromatic rings. The van der Waals surface area contributed by atoms with Crippen LogP contribution in [-0.2, 0) is 19.0 Å². The fraction of sp³-hybridized carbons (Fsp3) is 0.789. The Morgan fingerprint density at radius 3 is 2.03 bits per heavy atom. The Morgan fingerprint density at radius 2 is 1.62 bits per heavy atom. The Kier molecular flexibility index (Phi) is 7.79. The second-order valence-electron chi connectivity index (χ2n) is 10.9. The molecule has 0 radical (unpaired) electrons. The van der Waals surface area contributed by atoms with Crippen molar-refractivity contribution in [3.05, 3.63) is 16.8 Å². The van der Waals surface area contributed by atoms with E-state index in [2.05, 4.69) is 37.9 Å². The fourth-order valence-electron chi connectivity index (χ4n) is 1.87. The fourth-order valence-corrected chi connectivity index (χ4v) is 10.9. The van der Waals surface area contributed by atoms with Crippen molar-refractivity contribution in [3.8, 4) is 0 Å².